The van der Waals surface area contributed by atoms with Gasteiger partial charge < -0.3 is 27.4 Å². The smallest absolute Gasteiger partial charge is 0.235 e. The molecule has 2 heterocycles. The van der Waals surface area contributed by atoms with Crippen molar-refractivity contribution in [3.05, 3.63) is 35.1 Å². The number of carbonyl (C=O) groups excluding carboxylic acids is 1. The molecule has 0 saturated heterocycles. The molecule has 0 aromatic heterocycles. The highest BCUT2D eigenvalue weighted by molar-refractivity contribution is 6.04. The second-order valence-corrected chi connectivity index (χ2v) is 7.22. The van der Waals surface area contributed by atoms with Crippen molar-refractivity contribution >= 4 is 11.6 Å². The molecule has 7 N–H and O–H groups in total. The van der Waals surface area contributed by atoms with E-state index in [1.54, 1.807) is 20.0 Å². The van der Waals surface area contributed by atoms with Gasteiger partial charge in [0.1, 0.15) is 12.1 Å². The molecule has 0 saturated carbocycles. The van der Waals surface area contributed by atoms with Crippen molar-refractivity contribution < 1.29 is 9.18 Å². The van der Waals surface area contributed by atoms with E-state index in [4.69, 9.17) is 11.5 Å². The lowest BCUT2D eigenvalue weighted by Crippen LogP contribution is -2.52. The Morgan fingerprint density at radius 3 is 2.89 bits per heavy atom. The molecule has 2 aliphatic rings. The maximum atomic E-state index is 13.5. The van der Waals surface area contributed by atoms with E-state index >= 15 is 0 Å². The summed E-state index contributed by atoms with van der Waals surface area (Å²) in [5, 5.41) is 9.41. The van der Waals surface area contributed by atoms with Gasteiger partial charge in [0, 0.05) is 36.3 Å². The normalized spacial score (nSPS) is 24.0. The molecule has 4 atom stereocenters. The summed E-state index contributed by atoms with van der Waals surface area (Å²) in [6.45, 7) is 6.20. The molecule has 28 heavy (non-hydrogen) atoms. The standard InChI is InChI=1S/C20H31FN6O/c1-4-14(21)10-26-13(3)17(19(22)23)20(28)27-16-11-24-9-7-15(16)18-12(2)6-5-8-25-18/h8,11,14-15,17-19,24-25H,4,7,9-10,22-23H2,1-3H3,(H,27,28). The largest absolute Gasteiger partial charge is 0.389 e. The quantitative estimate of drug-likeness (QED) is 0.239. The van der Waals surface area contributed by atoms with E-state index in [0.29, 0.717) is 12.1 Å². The Morgan fingerprint density at radius 1 is 1.50 bits per heavy atom. The van der Waals surface area contributed by atoms with E-state index in [-0.39, 0.29) is 24.4 Å². The molecule has 2 aliphatic heterocycles. The zero-order chi connectivity index (χ0) is 20.7. The highest BCUT2D eigenvalue weighted by Crippen LogP contribution is 2.25. The first kappa shape index (κ1) is 21.9. The molecule has 0 bridgehead atoms. The van der Waals surface area contributed by atoms with Gasteiger partial charge in [-0.1, -0.05) is 18.4 Å². The molecular weight excluding hydrogens is 359 g/mol. The molecule has 1 amide bonds. The van der Waals surface area contributed by atoms with Crippen LogP contribution < -0.4 is 27.4 Å². The average Bonchev–Trinajstić information content (AvgIpc) is 2.67. The van der Waals surface area contributed by atoms with Crippen molar-refractivity contribution in [1.82, 2.24) is 16.0 Å². The third-order valence-electron chi connectivity index (χ3n) is 5.10. The van der Waals surface area contributed by atoms with Crippen molar-refractivity contribution in [2.24, 2.45) is 28.3 Å². The van der Waals surface area contributed by atoms with Crippen LogP contribution in [0.4, 0.5) is 4.39 Å². The second-order valence-electron chi connectivity index (χ2n) is 7.22. The Kier molecular flexibility index (Phi) is 8.03. The van der Waals surface area contributed by atoms with E-state index in [1.165, 1.54) is 0 Å². The van der Waals surface area contributed by atoms with Gasteiger partial charge in [-0.25, -0.2) is 4.39 Å². The fourth-order valence-corrected chi connectivity index (χ4v) is 3.39. The predicted molar refractivity (Wildman–Crippen MR) is 109 cm³/mol. The van der Waals surface area contributed by atoms with Crippen LogP contribution in [0.5, 0.6) is 0 Å². The fourth-order valence-electron chi connectivity index (χ4n) is 3.39. The van der Waals surface area contributed by atoms with Crippen LogP contribution >= 0.6 is 0 Å². The number of alkyl halides is 1. The van der Waals surface area contributed by atoms with Gasteiger partial charge in [0.2, 0.25) is 5.91 Å². The number of amides is 1. The minimum Gasteiger partial charge on any atom is -0.389 e. The number of carbonyl (C=O) groups is 1. The molecule has 0 aromatic rings. The molecule has 154 valence electrons. The van der Waals surface area contributed by atoms with E-state index in [9.17, 15) is 9.18 Å². The van der Waals surface area contributed by atoms with Crippen LogP contribution in [0, 0.1) is 11.8 Å². The molecule has 0 radical (unpaired) electrons. The van der Waals surface area contributed by atoms with Gasteiger partial charge in [0.05, 0.1) is 18.8 Å². The summed E-state index contributed by atoms with van der Waals surface area (Å²) < 4.78 is 13.5. The van der Waals surface area contributed by atoms with Gasteiger partial charge in [-0.2, -0.15) is 0 Å². The third kappa shape index (κ3) is 5.57. The van der Waals surface area contributed by atoms with Crippen molar-refractivity contribution in [3.63, 3.8) is 0 Å². The Bertz CT molecular complexity index is 731. The number of nitrogens with two attached hydrogens (primary N) is 2. The number of hydrogen-bond donors (Lipinski definition) is 5. The molecular formula is C20H31FN6O. The first-order valence-electron chi connectivity index (χ1n) is 9.68. The summed E-state index contributed by atoms with van der Waals surface area (Å²) in [6.07, 6.45) is 2.77. The summed E-state index contributed by atoms with van der Waals surface area (Å²) in [5.74, 6) is -1.12. The lowest BCUT2D eigenvalue weighted by molar-refractivity contribution is -0.123. The molecule has 8 heteroatoms. The van der Waals surface area contributed by atoms with Crippen LogP contribution in [-0.2, 0) is 4.79 Å². The monoisotopic (exact) mass is 390 g/mol. The van der Waals surface area contributed by atoms with E-state index < -0.39 is 18.3 Å². The van der Waals surface area contributed by atoms with Crippen molar-refractivity contribution in [1.29, 1.82) is 0 Å². The van der Waals surface area contributed by atoms with Crippen LogP contribution in [0.15, 0.2) is 40.1 Å². The number of aliphatic imine (C=N–C) groups is 1. The van der Waals surface area contributed by atoms with Crippen LogP contribution in [0.3, 0.4) is 0 Å². The number of nitrogens with one attached hydrogen (secondary N) is 3. The summed E-state index contributed by atoms with van der Waals surface area (Å²) in [4.78, 5) is 17.1. The zero-order valence-corrected chi connectivity index (χ0v) is 16.8. The first-order chi connectivity index (χ1) is 13.3. The molecule has 0 fully saturated rings. The number of hydrogen-bond acceptors (Lipinski definition) is 6. The second kappa shape index (κ2) is 10.2. The molecule has 7 nitrogen and oxygen atoms in total. The van der Waals surface area contributed by atoms with Crippen molar-refractivity contribution in [2.75, 3.05) is 13.1 Å². The van der Waals surface area contributed by atoms with E-state index in [1.807, 2.05) is 13.1 Å². The summed E-state index contributed by atoms with van der Waals surface area (Å²) in [5.41, 5.74) is 19.9. The molecule has 4 unspecified atom stereocenters. The van der Waals surface area contributed by atoms with Gasteiger partial charge in [0.25, 0.3) is 0 Å². The Hall–Kier alpha value is -2.37. The fraction of sp³-hybridized carbons (Fsp3) is 0.600. The minimum absolute atomic E-state index is 0.000360. The average molecular weight is 391 g/mol. The van der Waals surface area contributed by atoms with Gasteiger partial charge in [-0.3, -0.25) is 9.79 Å². The van der Waals surface area contributed by atoms with Crippen LogP contribution in [0.1, 0.15) is 33.6 Å². The minimum atomic E-state index is -1.05. The maximum Gasteiger partial charge on any atom is 0.235 e. The number of nitrogens with zero attached hydrogens (tertiary/aromatic N) is 1. The van der Waals surface area contributed by atoms with Crippen molar-refractivity contribution in [3.8, 4) is 0 Å². The predicted octanol–water partition coefficient (Wildman–Crippen LogP) is 0.808. The zero-order valence-electron chi connectivity index (χ0n) is 16.8. The van der Waals surface area contributed by atoms with Gasteiger partial charge >= 0.3 is 0 Å². The number of halogens is 1. The molecule has 0 aliphatic carbocycles. The van der Waals surface area contributed by atoms with Crippen LogP contribution in [0.25, 0.3) is 0 Å². The van der Waals surface area contributed by atoms with Gasteiger partial charge in [-0.05, 0) is 32.3 Å². The maximum absolute atomic E-state index is 13.5. The highest BCUT2D eigenvalue weighted by Gasteiger charge is 2.32. The Morgan fingerprint density at radius 2 is 2.25 bits per heavy atom. The third-order valence-corrected chi connectivity index (χ3v) is 5.10. The van der Waals surface area contributed by atoms with Crippen LogP contribution in [0.2, 0.25) is 0 Å². The highest BCUT2D eigenvalue weighted by atomic mass is 19.1. The lowest BCUT2D eigenvalue weighted by Gasteiger charge is -2.34. The van der Waals surface area contributed by atoms with Crippen molar-refractivity contribution in [2.45, 2.75) is 52.0 Å². The Labute approximate surface area is 165 Å². The number of rotatable bonds is 8. The van der Waals surface area contributed by atoms with Gasteiger partial charge in [0.15, 0.2) is 0 Å². The molecule has 0 spiro atoms. The summed E-state index contributed by atoms with van der Waals surface area (Å²) in [6, 6.07) is 0.0199. The first-order valence-corrected chi connectivity index (χ1v) is 9.68. The summed E-state index contributed by atoms with van der Waals surface area (Å²) >= 11 is 0. The van der Waals surface area contributed by atoms with E-state index in [0.717, 1.165) is 24.2 Å². The molecule has 2 rings (SSSR count). The SMILES string of the molecule is CCC(F)CN=C(C)C(C(=O)NC1=CNCCC1C1NC=C=C=C1C)C(N)N. The topological polar surface area (TPSA) is 118 Å². The van der Waals surface area contributed by atoms with E-state index in [2.05, 4.69) is 32.4 Å². The lowest BCUT2D eigenvalue weighted by atomic mass is 9.86. The van der Waals surface area contributed by atoms with Crippen LogP contribution in [-0.4, -0.2) is 43.1 Å². The van der Waals surface area contributed by atoms with Gasteiger partial charge in [-0.15, -0.1) is 0 Å². The Balaban J connectivity index is 2.15. The summed E-state index contributed by atoms with van der Waals surface area (Å²) in [7, 11) is 0. The molecule has 0 aromatic carbocycles.